The SMILES string of the molecule is CC1=CC=CCC2=C1c1ccnc3c(-c4cc5c6ccc(C)c7c6c(cc5c5ccc(C)cc45)-c4ccccc4-7)ccc2c13. The highest BCUT2D eigenvalue weighted by Gasteiger charge is 2.28. The van der Waals surface area contributed by atoms with Crippen molar-refractivity contribution in [2.75, 3.05) is 0 Å². The first-order chi connectivity index (χ1) is 21.6. The zero-order valence-corrected chi connectivity index (χ0v) is 25.0. The Bertz CT molecular complexity index is 2590. The van der Waals surface area contributed by atoms with E-state index < -0.39 is 0 Å². The van der Waals surface area contributed by atoms with E-state index in [1.165, 1.54) is 110 Å². The van der Waals surface area contributed by atoms with Gasteiger partial charge in [-0.3, -0.25) is 4.98 Å². The number of pyridine rings is 1. The van der Waals surface area contributed by atoms with Gasteiger partial charge in [0.1, 0.15) is 0 Å². The summed E-state index contributed by atoms with van der Waals surface area (Å²) in [4.78, 5) is 5.11. The molecular weight excluding hydrogens is 530 g/mol. The summed E-state index contributed by atoms with van der Waals surface area (Å²) in [6.07, 6.45) is 9.69. The second-order valence-electron chi connectivity index (χ2n) is 12.8. The first kappa shape index (κ1) is 24.2. The van der Waals surface area contributed by atoms with Crippen molar-refractivity contribution >= 4 is 54.4 Å². The number of hydrogen-bond donors (Lipinski definition) is 0. The maximum Gasteiger partial charge on any atom is 0.0792 e. The minimum Gasteiger partial charge on any atom is -0.256 e. The van der Waals surface area contributed by atoms with Gasteiger partial charge in [-0.05, 0) is 139 Å². The molecule has 3 aliphatic carbocycles. The summed E-state index contributed by atoms with van der Waals surface area (Å²) in [5.74, 6) is 0. The molecule has 10 rings (SSSR count). The van der Waals surface area contributed by atoms with E-state index in [0.29, 0.717) is 0 Å². The summed E-state index contributed by atoms with van der Waals surface area (Å²) in [6.45, 7) is 6.69. The molecule has 1 heterocycles. The van der Waals surface area contributed by atoms with Crippen LogP contribution in [0.1, 0.15) is 35.6 Å². The summed E-state index contributed by atoms with van der Waals surface area (Å²) >= 11 is 0. The molecule has 0 fully saturated rings. The lowest BCUT2D eigenvalue weighted by molar-refractivity contribution is 1.39. The highest BCUT2D eigenvalue weighted by molar-refractivity contribution is 6.30. The number of allylic oxidation sites excluding steroid dienone is 6. The molecule has 0 radical (unpaired) electrons. The number of benzene rings is 6. The predicted octanol–water partition coefficient (Wildman–Crippen LogP) is 11.8. The molecule has 6 aromatic carbocycles. The van der Waals surface area contributed by atoms with Gasteiger partial charge in [0.25, 0.3) is 0 Å². The second-order valence-corrected chi connectivity index (χ2v) is 12.8. The van der Waals surface area contributed by atoms with Gasteiger partial charge in [-0.1, -0.05) is 90.5 Å². The molecule has 1 heteroatoms. The fourth-order valence-corrected chi connectivity index (χ4v) is 8.47. The standard InChI is InChI=1S/C43H29N/c1-23-12-14-27-34(20-23)37(32-17-16-30-29-11-5-4-8-24(2)39(29)33-18-19-44-43(32)42(30)33)21-36-31-15-13-25(3)40-28-10-7-6-9-26(28)38(41(31)40)22-35(27)36/h4-10,12-22H,11H2,1-3H3. The van der Waals surface area contributed by atoms with E-state index in [1.807, 2.05) is 6.20 Å². The Morgan fingerprint density at radius 3 is 2.27 bits per heavy atom. The van der Waals surface area contributed by atoms with Gasteiger partial charge in [-0.2, -0.15) is 0 Å². The molecule has 0 unspecified atom stereocenters. The van der Waals surface area contributed by atoms with Crippen LogP contribution in [0, 0.1) is 13.8 Å². The first-order valence-electron chi connectivity index (χ1n) is 15.6. The minimum absolute atomic E-state index is 0.947. The first-order valence-corrected chi connectivity index (χ1v) is 15.6. The summed E-state index contributed by atoms with van der Waals surface area (Å²) in [6, 6.07) is 32.4. The molecule has 1 aromatic heterocycles. The number of nitrogens with zero attached hydrogens (tertiary/aromatic N) is 1. The summed E-state index contributed by atoms with van der Waals surface area (Å²) < 4.78 is 0. The van der Waals surface area contributed by atoms with Gasteiger partial charge >= 0.3 is 0 Å². The van der Waals surface area contributed by atoms with E-state index in [4.69, 9.17) is 4.98 Å². The molecule has 0 amide bonds. The van der Waals surface area contributed by atoms with E-state index in [2.05, 4.69) is 124 Å². The number of aryl methyl sites for hydroxylation is 2. The van der Waals surface area contributed by atoms with E-state index in [0.717, 1.165) is 11.9 Å². The molecule has 0 atom stereocenters. The predicted molar refractivity (Wildman–Crippen MR) is 188 cm³/mol. The van der Waals surface area contributed by atoms with Crippen LogP contribution in [0.4, 0.5) is 0 Å². The van der Waals surface area contributed by atoms with Crippen LogP contribution < -0.4 is 0 Å². The largest absolute Gasteiger partial charge is 0.256 e. The van der Waals surface area contributed by atoms with Gasteiger partial charge in [0, 0.05) is 17.1 Å². The average Bonchev–Trinajstić information content (AvgIpc) is 3.47. The molecular formula is C43H29N. The van der Waals surface area contributed by atoms with Crippen molar-refractivity contribution in [1.82, 2.24) is 4.98 Å². The van der Waals surface area contributed by atoms with Crippen LogP contribution in [-0.2, 0) is 0 Å². The van der Waals surface area contributed by atoms with Crippen molar-refractivity contribution in [3.05, 3.63) is 137 Å². The molecule has 3 aliphatic rings. The number of hydrogen-bond acceptors (Lipinski definition) is 1. The number of fused-ring (bicyclic) bond motifs is 9. The van der Waals surface area contributed by atoms with Crippen LogP contribution in [-0.4, -0.2) is 4.98 Å². The topological polar surface area (TPSA) is 12.9 Å². The third kappa shape index (κ3) is 2.97. The molecule has 1 nitrogen and oxygen atoms in total. The van der Waals surface area contributed by atoms with Crippen LogP contribution >= 0.6 is 0 Å². The highest BCUT2D eigenvalue weighted by Crippen LogP contribution is 2.53. The molecule has 44 heavy (non-hydrogen) atoms. The Labute approximate surface area is 256 Å². The third-order valence-corrected chi connectivity index (χ3v) is 10.4. The van der Waals surface area contributed by atoms with Gasteiger partial charge in [-0.25, -0.2) is 0 Å². The maximum absolute atomic E-state index is 5.11. The third-order valence-electron chi connectivity index (χ3n) is 10.4. The Morgan fingerprint density at radius 2 is 1.36 bits per heavy atom. The van der Waals surface area contributed by atoms with Crippen LogP contribution in [0.25, 0.3) is 87.7 Å². The normalized spacial score (nSPS) is 14.6. The Morgan fingerprint density at radius 1 is 0.568 bits per heavy atom. The van der Waals surface area contributed by atoms with Crippen LogP contribution in [0.2, 0.25) is 0 Å². The van der Waals surface area contributed by atoms with E-state index in [-0.39, 0.29) is 0 Å². The smallest absolute Gasteiger partial charge is 0.0792 e. The summed E-state index contributed by atoms with van der Waals surface area (Å²) in [5, 5.41) is 9.23. The zero-order valence-electron chi connectivity index (χ0n) is 25.0. The van der Waals surface area contributed by atoms with Crippen molar-refractivity contribution in [2.45, 2.75) is 27.2 Å². The number of aromatic nitrogens is 1. The highest BCUT2D eigenvalue weighted by atomic mass is 14.7. The van der Waals surface area contributed by atoms with Crippen molar-refractivity contribution in [1.29, 1.82) is 0 Å². The lowest BCUT2D eigenvalue weighted by Gasteiger charge is -2.17. The summed E-state index contributed by atoms with van der Waals surface area (Å²) in [5.41, 5.74) is 18.4. The zero-order chi connectivity index (χ0) is 29.3. The monoisotopic (exact) mass is 559 g/mol. The molecule has 0 bridgehead atoms. The molecule has 206 valence electrons. The second kappa shape index (κ2) is 8.42. The minimum atomic E-state index is 0.947. The average molecular weight is 560 g/mol. The molecule has 7 aromatic rings. The maximum atomic E-state index is 5.11. The van der Waals surface area contributed by atoms with Crippen molar-refractivity contribution in [2.24, 2.45) is 0 Å². The Kier molecular flexibility index (Phi) is 4.63. The Hall–Kier alpha value is -5.27. The number of rotatable bonds is 1. The van der Waals surface area contributed by atoms with Gasteiger partial charge in [0.15, 0.2) is 0 Å². The Balaban J connectivity index is 1.34. The quantitative estimate of drug-likeness (QED) is 0.182. The molecule has 0 N–H and O–H groups in total. The van der Waals surface area contributed by atoms with Crippen LogP contribution in [0.3, 0.4) is 0 Å². The van der Waals surface area contributed by atoms with Gasteiger partial charge in [-0.15, -0.1) is 0 Å². The van der Waals surface area contributed by atoms with Gasteiger partial charge < -0.3 is 0 Å². The van der Waals surface area contributed by atoms with E-state index in [1.54, 1.807) is 0 Å². The lowest BCUT2D eigenvalue weighted by Crippen LogP contribution is -1.93. The van der Waals surface area contributed by atoms with Crippen molar-refractivity contribution < 1.29 is 0 Å². The van der Waals surface area contributed by atoms with Crippen molar-refractivity contribution in [3.8, 4) is 33.4 Å². The lowest BCUT2D eigenvalue weighted by atomic mass is 9.87. The molecule has 0 saturated heterocycles. The van der Waals surface area contributed by atoms with E-state index in [9.17, 15) is 0 Å². The fraction of sp³-hybridized carbons (Fsp3) is 0.0930. The van der Waals surface area contributed by atoms with E-state index >= 15 is 0 Å². The van der Waals surface area contributed by atoms with Crippen LogP contribution in [0.5, 0.6) is 0 Å². The van der Waals surface area contributed by atoms with Crippen molar-refractivity contribution in [3.63, 3.8) is 0 Å². The molecule has 0 saturated carbocycles. The fourth-order valence-electron chi connectivity index (χ4n) is 8.47. The van der Waals surface area contributed by atoms with Gasteiger partial charge in [0.2, 0.25) is 0 Å². The van der Waals surface area contributed by atoms with Crippen LogP contribution in [0.15, 0.2) is 115 Å². The molecule has 0 aliphatic heterocycles. The molecule has 0 spiro atoms. The van der Waals surface area contributed by atoms with Gasteiger partial charge in [0.05, 0.1) is 5.52 Å². The summed E-state index contributed by atoms with van der Waals surface area (Å²) in [7, 11) is 0.